The highest BCUT2D eigenvalue weighted by Crippen LogP contribution is 2.33. The molecular weight excluding hydrogens is 481 g/mol. The van der Waals surface area contributed by atoms with Crippen molar-refractivity contribution < 1.29 is 9.53 Å². The first-order valence-electron chi connectivity index (χ1n) is 8.54. The van der Waals surface area contributed by atoms with Gasteiger partial charge in [-0.3, -0.25) is 4.79 Å². The molecule has 6 nitrogen and oxygen atoms in total. The first-order chi connectivity index (χ1) is 13.7. The Hall–Kier alpha value is -2.22. The lowest BCUT2D eigenvalue weighted by Gasteiger charge is -2.23. The molecule has 3 aromatic rings. The van der Waals surface area contributed by atoms with Crippen molar-refractivity contribution in [2.45, 2.75) is 6.04 Å². The molecule has 0 amide bonds. The van der Waals surface area contributed by atoms with Crippen LogP contribution in [0.2, 0.25) is 10.0 Å². The van der Waals surface area contributed by atoms with Crippen molar-refractivity contribution in [3.63, 3.8) is 0 Å². The molecule has 0 radical (unpaired) electrons. The summed E-state index contributed by atoms with van der Waals surface area (Å²) in [5.41, 5.74) is 2.27. The van der Waals surface area contributed by atoms with E-state index < -0.39 is 12.0 Å². The highest BCUT2D eigenvalue weighted by Gasteiger charge is 2.27. The van der Waals surface area contributed by atoms with Gasteiger partial charge in [-0.15, -0.1) is 0 Å². The third kappa shape index (κ3) is 4.37. The van der Waals surface area contributed by atoms with Crippen LogP contribution in [0.1, 0.15) is 27.7 Å². The second kappa shape index (κ2) is 8.65. The number of nitrogens with zero attached hydrogens (tertiary/aromatic N) is 2. The number of hydrogen-bond donors (Lipinski definition) is 1. The number of aryl methyl sites for hydroxylation is 1. The number of aromatic nitrogens is 2. The molecule has 0 saturated carbocycles. The van der Waals surface area contributed by atoms with E-state index in [9.17, 15) is 9.59 Å². The number of hydrogen-bond acceptors (Lipinski definition) is 4. The van der Waals surface area contributed by atoms with Crippen molar-refractivity contribution in [2.24, 2.45) is 14.1 Å². The van der Waals surface area contributed by atoms with Gasteiger partial charge in [0.15, 0.2) is 0 Å². The molecule has 2 heterocycles. The maximum absolute atomic E-state index is 12.4. The molecule has 3 rings (SSSR count). The molecule has 0 aliphatic rings. The lowest BCUT2D eigenvalue weighted by Crippen LogP contribution is -2.22. The van der Waals surface area contributed by atoms with Crippen LogP contribution < -0.4 is 10.9 Å². The number of rotatable bonds is 5. The minimum absolute atomic E-state index is 0.0913. The van der Waals surface area contributed by atoms with Crippen LogP contribution >= 0.6 is 39.1 Å². The highest BCUT2D eigenvalue weighted by atomic mass is 79.9. The van der Waals surface area contributed by atoms with Gasteiger partial charge in [0, 0.05) is 25.3 Å². The zero-order valence-electron chi connectivity index (χ0n) is 15.9. The number of nitrogens with one attached hydrogen (secondary N) is 1. The van der Waals surface area contributed by atoms with Gasteiger partial charge in [-0.05, 0) is 45.8 Å². The van der Waals surface area contributed by atoms with E-state index in [-0.39, 0.29) is 10.6 Å². The molecule has 0 fully saturated rings. The second-order valence-electron chi connectivity index (χ2n) is 6.44. The van der Waals surface area contributed by atoms with Crippen LogP contribution in [0.5, 0.6) is 0 Å². The zero-order chi connectivity index (χ0) is 21.3. The average Bonchev–Trinajstić information content (AvgIpc) is 2.99. The SMILES string of the molecule is COC(=O)c1cc(Br)n(C)c1C(Nc1cc(Cl)c(=O)n(C)c1)c1ccc(Cl)cc1. The lowest BCUT2D eigenvalue weighted by atomic mass is 10.00. The van der Waals surface area contributed by atoms with E-state index in [1.807, 2.05) is 23.7 Å². The van der Waals surface area contributed by atoms with Gasteiger partial charge >= 0.3 is 5.97 Å². The normalized spacial score (nSPS) is 11.9. The van der Waals surface area contributed by atoms with Crippen molar-refractivity contribution in [3.05, 3.63) is 84.4 Å². The van der Waals surface area contributed by atoms with E-state index in [0.717, 1.165) is 5.56 Å². The Labute approximate surface area is 186 Å². The Balaban J connectivity index is 2.19. The first-order valence-corrected chi connectivity index (χ1v) is 10.1. The largest absolute Gasteiger partial charge is 0.465 e. The fourth-order valence-corrected chi connectivity index (χ4v) is 3.89. The summed E-state index contributed by atoms with van der Waals surface area (Å²) in [7, 11) is 4.80. The van der Waals surface area contributed by atoms with Crippen molar-refractivity contribution in [1.29, 1.82) is 0 Å². The molecule has 0 spiro atoms. The van der Waals surface area contributed by atoms with Gasteiger partial charge in [-0.1, -0.05) is 35.3 Å². The molecule has 1 unspecified atom stereocenters. The number of anilines is 1. The summed E-state index contributed by atoms with van der Waals surface area (Å²) >= 11 is 15.6. The average molecular weight is 499 g/mol. The molecule has 9 heteroatoms. The van der Waals surface area contributed by atoms with Gasteiger partial charge in [-0.25, -0.2) is 4.79 Å². The second-order valence-corrected chi connectivity index (χ2v) is 8.09. The van der Waals surface area contributed by atoms with Crippen LogP contribution in [0.15, 0.2) is 52.0 Å². The molecule has 1 aromatic carbocycles. The molecule has 0 aliphatic heterocycles. The molecule has 2 aromatic heterocycles. The van der Waals surface area contributed by atoms with Gasteiger partial charge in [0.05, 0.1) is 34.7 Å². The number of pyridine rings is 1. The molecule has 0 aliphatic carbocycles. The Bertz CT molecular complexity index is 1100. The predicted molar refractivity (Wildman–Crippen MR) is 118 cm³/mol. The Kier molecular flexibility index (Phi) is 6.41. The minimum Gasteiger partial charge on any atom is -0.465 e. The number of halogens is 3. The molecular formula is C20H18BrCl2N3O3. The quantitative estimate of drug-likeness (QED) is 0.514. The molecule has 29 heavy (non-hydrogen) atoms. The van der Waals surface area contributed by atoms with Crippen LogP contribution in [0, 0.1) is 0 Å². The lowest BCUT2D eigenvalue weighted by molar-refractivity contribution is 0.0599. The summed E-state index contributed by atoms with van der Waals surface area (Å²) in [6.07, 6.45) is 1.65. The van der Waals surface area contributed by atoms with Gasteiger partial charge in [0.1, 0.15) is 5.02 Å². The van der Waals surface area contributed by atoms with Crippen LogP contribution in [-0.2, 0) is 18.8 Å². The number of methoxy groups -OCH3 is 1. The number of ether oxygens (including phenoxy) is 1. The molecule has 1 atom stereocenters. The van der Waals surface area contributed by atoms with Crippen LogP contribution in [0.4, 0.5) is 5.69 Å². The third-order valence-electron chi connectivity index (χ3n) is 4.55. The van der Waals surface area contributed by atoms with Gasteiger partial charge in [0.25, 0.3) is 5.56 Å². The van der Waals surface area contributed by atoms with Crippen molar-refractivity contribution in [3.8, 4) is 0 Å². The topological polar surface area (TPSA) is 65.3 Å². The van der Waals surface area contributed by atoms with Gasteiger partial charge in [0.2, 0.25) is 0 Å². The fraction of sp³-hybridized carbons (Fsp3) is 0.200. The van der Waals surface area contributed by atoms with Crippen molar-refractivity contribution in [1.82, 2.24) is 9.13 Å². The maximum Gasteiger partial charge on any atom is 0.339 e. The van der Waals surface area contributed by atoms with E-state index in [4.69, 9.17) is 27.9 Å². The first kappa shape index (κ1) is 21.5. The van der Waals surface area contributed by atoms with E-state index in [1.54, 1.807) is 37.5 Å². The van der Waals surface area contributed by atoms with Crippen LogP contribution in [-0.4, -0.2) is 22.2 Å². The Morgan fingerprint density at radius 3 is 2.41 bits per heavy atom. The number of benzene rings is 1. The predicted octanol–water partition coefficient (Wildman–Crippen LogP) is 4.78. The van der Waals surface area contributed by atoms with Crippen LogP contribution in [0.3, 0.4) is 0 Å². The van der Waals surface area contributed by atoms with E-state index in [1.165, 1.54) is 11.7 Å². The summed E-state index contributed by atoms with van der Waals surface area (Å²) in [6.45, 7) is 0. The third-order valence-corrected chi connectivity index (χ3v) is 5.84. The van der Waals surface area contributed by atoms with Crippen molar-refractivity contribution in [2.75, 3.05) is 12.4 Å². The molecule has 152 valence electrons. The minimum atomic E-state index is -0.458. The molecule has 0 bridgehead atoms. The number of carbonyl (C=O) groups is 1. The summed E-state index contributed by atoms with van der Waals surface area (Å²) in [6, 6.07) is 10.1. The zero-order valence-corrected chi connectivity index (χ0v) is 19.0. The van der Waals surface area contributed by atoms with Crippen LogP contribution in [0.25, 0.3) is 0 Å². The van der Waals surface area contributed by atoms with E-state index in [2.05, 4.69) is 21.2 Å². The standard InChI is InChI=1S/C20H18BrCl2N3O3/c1-25-10-13(8-15(23)19(25)27)24-17(11-4-6-12(22)7-5-11)18-14(20(28)29-3)9-16(21)26(18)2/h4-10,17,24H,1-3H3. The highest BCUT2D eigenvalue weighted by molar-refractivity contribution is 9.10. The summed E-state index contributed by atoms with van der Waals surface area (Å²) in [5, 5.41) is 4.06. The monoisotopic (exact) mass is 497 g/mol. The number of esters is 1. The number of carbonyl (C=O) groups excluding carboxylic acids is 1. The summed E-state index contributed by atoms with van der Waals surface area (Å²) in [4.78, 5) is 24.4. The van der Waals surface area contributed by atoms with Gasteiger partial charge in [-0.2, -0.15) is 0 Å². The van der Waals surface area contributed by atoms with E-state index in [0.29, 0.717) is 26.6 Å². The van der Waals surface area contributed by atoms with Gasteiger partial charge < -0.3 is 19.2 Å². The van der Waals surface area contributed by atoms with E-state index >= 15 is 0 Å². The Morgan fingerprint density at radius 1 is 1.17 bits per heavy atom. The fourth-order valence-electron chi connectivity index (χ4n) is 3.09. The molecule has 0 saturated heterocycles. The molecule has 1 N–H and O–H groups in total. The summed E-state index contributed by atoms with van der Waals surface area (Å²) in [5.74, 6) is -0.458. The smallest absolute Gasteiger partial charge is 0.339 e. The van der Waals surface area contributed by atoms with Crippen molar-refractivity contribution >= 4 is 50.8 Å². The maximum atomic E-state index is 12.4. The summed E-state index contributed by atoms with van der Waals surface area (Å²) < 4.78 is 8.92. The Morgan fingerprint density at radius 2 is 1.83 bits per heavy atom.